The molecule has 0 unspecified atom stereocenters. The largest absolute Gasteiger partial charge is 0.457 e. The molecule has 0 saturated carbocycles. The fourth-order valence-corrected chi connectivity index (χ4v) is 3.00. The van der Waals surface area contributed by atoms with Crippen LogP contribution >= 0.6 is 0 Å². The monoisotopic (exact) mass is 398 g/mol. The molecule has 0 aliphatic heterocycles. The first-order valence-electron chi connectivity index (χ1n) is 9.24. The van der Waals surface area contributed by atoms with Crippen molar-refractivity contribution in [1.82, 2.24) is 15.3 Å². The van der Waals surface area contributed by atoms with Crippen LogP contribution in [0.3, 0.4) is 0 Å². The van der Waals surface area contributed by atoms with Crippen LogP contribution in [0.2, 0.25) is 0 Å². The van der Waals surface area contributed by atoms with Gasteiger partial charge in [0.2, 0.25) is 0 Å². The molecule has 7 heteroatoms. The van der Waals surface area contributed by atoms with Gasteiger partial charge in [-0.15, -0.1) is 0 Å². The van der Waals surface area contributed by atoms with Crippen LogP contribution in [0.5, 0.6) is 11.5 Å². The van der Waals surface area contributed by atoms with Crippen LogP contribution in [0.1, 0.15) is 20.8 Å². The van der Waals surface area contributed by atoms with Crippen LogP contribution in [-0.2, 0) is 0 Å². The summed E-state index contributed by atoms with van der Waals surface area (Å²) in [6, 6.07) is 17.8. The second-order valence-electron chi connectivity index (χ2n) is 6.44. The minimum atomic E-state index is -0.284. The summed E-state index contributed by atoms with van der Waals surface area (Å²) in [5.41, 5.74) is 1.51. The van der Waals surface area contributed by atoms with E-state index >= 15 is 0 Å². The highest BCUT2D eigenvalue weighted by Crippen LogP contribution is 2.30. The number of aromatic nitrogens is 2. The third-order valence-corrected chi connectivity index (χ3v) is 4.47. The molecule has 148 valence electrons. The number of nitrogens with one attached hydrogen (secondary N) is 2. The highest BCUT2D eigenvalue weighted by molar-refractivity contribution is 6.09. The fourth-order valence-electron chi connectivity index (χ4n) is 3.00. The Kier molecular flexibility index (Phi) is 5.34. The van der Waals surface area contributed by atoms with Gasteiger partial charge in [-0.3, -0.25) is 19.6 Å². The van der Waals surface area contributed by atoms with Gasteiger partial charge in [-0.25, -0.2) is 0 Å². The summed E-state index contributed by atoms with van der Waals surface area (Å²) >= 11 is 0. The summed E-state index contributed by atoms with van der Waals surface area (Å²) in [6.07, 6.45) is 4.68. The Labute approximate surface area is 172 Å². The molecule has 0 fully saturated rings. The van der Waals surface area contributed by atoms with Gasteiger partial charge in [-0.1, -0.05) is 12.1 Å². The van der Waals surface area contributed by atoms with E-state index < -0.39 is 0 Å². The standard InChI is InChI=1S/C23H18N4O3/c1-24-23(29)21-14-18(9-12-26-21)30-17-5-6-19-16(13-17)3-2-4-20(19)27-22(28)15-7-10-25-11-8-15/h2-14H,1H3,(H,24,29)(H,27,28). The van der Waals surface area contributed by atoms with Crippen molar-refractivity contribution in [2.24, 2.45) is 0 Å². The smallest absolute Gasteiger partial charge is 0.269 e. The van der Waals surface area contributed by atoms with Crippen molar-refractivity contribution in [3.8, 4) is 11.5 Å². The second kappa shape index (κ2) is 8.40. The SMILES string of the molecule is CNC(=O)c1cc(Oc2ccc3c(NC(=O)c4ccncc4)cccc3c2)ccn1. The van der Waals surface area contributed by atoms with Crippen molar-refractivity contribution < 1.29 is 14.3 Å². The van der Waals surface area contributed by atoms with Crippen LogP contribution in [0, 0.1) is 0 Å². The first-order valence-corrected chi connectivity index (χ1v) is 9.24. The minimum Gasteiger partial charge on any atom is -0.457 e. The lowest BCUT2D eigenvalue weighted by Crippen LogP contribution is -2.18. The number of anilines is 1. The molecule has 0 aliphatic rings. The summed E-state index contributed by atoms with van der Waals surface area (Å²) < 4.78 is 5.90. The van der Waals surface area contributed by atoms with Gasteiger partial charge < -0.3 is 15.4 Å². The molecule has 4 rings (SSSR count). The third-order valence-electron chi connectivity index (χ3n) is 4.47. The molecule has 2 aromatic heterocycles. The molecule has 0 radical (unpaired) electrons. The number of carbonyl (C=O) groups is 2. The van der Waals surface area contributed by atoms with Crippen LogP contribution in [0.15, 0.2) is 79.3 Å². The van der Waals surface area contributed by atoms with Gasteiger partial charge in [0.25, 0.3) is 11.8 Å². The number of nitrogens with zero attached hydrogens (tertiary/aromatic N) is 2. The Balaban J connectivity index is 1.58. The molecule has 30 heavy (non-hydrogen) atoms. The number of ether oxygens (including phenoxy) is 1. The first kappa shape index (κ1) is 19.1. The predicted molar refractivity (Wildman–Crippen MR) is 114 cm³/mol. The molecule has 2 aromatic carbocycles. The van der Waals surface area contributed by atoms with Crippen molar-refractivity contribution >= 4 is 28.3 Å². The van der Waals surface area contributed by atoms with Crippen molar-refractivity contribution in [3.05, 3.63) is 90.5 Å². The van der Waals surface area contributed by atoms with Crippen LogP contribution in [0.25, 0.3) is 10.8 Å². The van der Waals surface area contributed by atoms with Gasteiger partial charge in [0.05, 0.1) is 0 Å². The molecule has 7 nitrogen and oxygen atoms in total. The van der Waals surface area contributed by atoms with E-state index in [4.69, 9.17) is 4.74 Å². The van der Waals surface area contributed by atoms with E-state index in [2.05, 4.69) is 20.6 Å². The number of hydrogen-bond acceptors (Lipinski definition) is 5. The molecule has 0 spiro atoms. The van der Waals surface area contributed by atoms with Gasteiger partial charge in [-0.05, 0) is 47.9 Å². The third kappa shape index (κ3) is 4.10. The number of hydrogen-bond donors (Lipinski definition) is 2. The summed E-state index contributed by atoms with van der Waals surface area (Å²) in [4.78, 5) is 32.2. The van der Waals surface area contributed by atoms with Crippen LogP contribution in [-0.4, -0.2) is 28.8 Å². The highest BCUT2D eigenvalue weighted by Gasteiger charge is 2.10. The molecule has 2 heterocycles. The lowest BCUT2D eigenvalue weighted by Gasteiger charge is -2.11. The van der Waals surface area contributed by atoms with Gasteiger partial charge in [0.1, 0.15) is 17.2 Å². The van der Waals surface area contributed by atoms with Gasteiger partial charge in [0, 0.05) is 48.3 Å². The molecule has 0 atom stereocenters. The maximum absolute atomic E-state index is 12.5. The molecule has 0 saturated heterocycles. The zero-order valence-electron chi connectivity index (χ0n) is 16.1. The fraction of sp³-hybridized carbons (Fsp3) is 0.0435. The van der Waals surface area contributed by atoms with E-state index in [0.717, 1.165) is 10.8 Å². The van der Waals surface area contributed by atoms with Crippen molar-refractivity contribution in [3.63, 3.8) is 0 Å². The predicted octanol–water partition coefficient (Wildman–Crippen LogP) is 4.03. The minimum absolute atomic E-state index is 0.205. The van der Waals surface area contributed by atoms with Crippen LogP contribution in [0.4, 0.5) is 5.69 Å². The van der Waals surface area contributed by atoms with E-state index in [1.54, 1.807) is 43.7 Å². The van der Waals surface area contributed by atoms with E-state index in [1.807, 2.05) is 36.4 Å². The lowest BCUT2D eigenvalue weighted by atomic mass is 10.1. The average molecular weight is 398 g/mol. The summed E-state index contributed by atoms with van der Waals surface area (Å²) in [5, 5.41) is 7.26. The van der Waals surface area contributed by atoms with E-state index in [-0.39, 0.29) is 17.5 Å². The molecule has 0 aliphatic carbocycles. The Morgan fingerprint density at radius 2 is 1.67 bits per heavy atom. The van der Waals surface area contributed by atoms with Gasteiger partial charge in [0.15, 0.2) is 0 Å². The summed E-state index contributed by atoms with van der Waals surface area (Å²) in [5.74, 6) is 0.622. The quantitative estimate of drug-likeness (QED) is 0.529. The summed E-state index contributed by atoms with van der Waals surface area (Å²) in [7, 11) is 1.55. The number of carbonyl (C=O) groups excluding carboxylic acids is 2. The maximum Gasteiger partial charge on any atom is 0.269 e. The molecule has 4 aromatic rings. The Hall–Kier alpha value is -4.26. The van der Waals surface area contributed by atoms with Crippen LogP contribution < -0.4 is 15.4 Å². The molecule has 2 N–H and O–H groups in total. The van der Waals surface area contributed by atoms with Crippen molar-refractivity contribution in [2.45, 2.75) is 0 Å². The molecular weight excluding hydrogens is 380 g/mol. The Morgan fingerprint density at radius 3 is 2.47 bits per heavy atom. The molecule has 0 bridgehead atoms. The lowest BCUT2D eigenvalue weighted by molar-refractivity contribution is 0.0957. The Morgan fingerprint density at radius 1 is 0.867 bits per heavy atom. The number of fused-ring (bicyclic) bond motifs is 1. The molecule has 2 amide bonds. The van der Waals surface area contributed by atoms with Crippen molar-refractivity contribution in [2.75, 3.05) is 12.4 Å². The molecular formula is C23H18N4O3. The van der Waals surface area contributed by atoms with E-state index in [1.165, 1.54) is 6.20 Å². The number of rotatable bonds is 5. The summed E-state index contributed by atoms with van der Waals surface area (Å²) in [6.45, 7) is 0. The van der Waals surface area contributed by atoms with E-state index in [0.29, 0.717) is 22.7 Å². The van der Waals surface area contributed by atoms with E-state index in [9.17, 15) is 9.59 Å². The Bertz CT molecular complexity index is 1230. The number of amides is 2. The zero-order valence-corrected chi connectivity index (χ0v) is 16.1. The normalized spacial score (nSPS) is 10.4. The average Bonchev–Trinajstić information content (AvgIpc) is 2.79. The number of pyridine rings is 2. The maximum atomic E-state index is 12.5. The number of benzene rings is 2. The zero-order chi connectivity index (χ0) is 20.9. The highest BCUT2D eigenvalue weighted by atomic mass is 16.5. The topological polar surface area (TPSA) is 93.2 Å². The second-order valence-corrected chi connectivity index (χ2v) is 6.44. The van der Waals surface area contributed by atoms with Gasteiger partial charge >= 0.3 is 0 Å². The van der Waals surface area contributed by atoms with Gasteiger partial charge in [-0.2, -0.15) is 0 Å². The van der Waals surface area contributed by atoms with Crippen molar-refractivity contribution in [1.29, 1.82) is 0 Å². The first-order chi connectivity index (χ1) is 14.6.